The highest BCUT2D eigenvalue weighted by atomic mass is 79.9. The Kier molecular flexibility index (Phi) is 12.6. The first kappa shape index (κ1) is 28.8. The Balaban J connectivity index is 2.06. The zero-order chi connectivity index (χ0) is 25.1. The third kappa shape index (κ3) is 9.67. The van der Waals surface area contributed by atoms with Gasteiger partial charge in [-0.15, -0.1) is 0 Å². The second-order valence-electron chi connectivity index (χ2n) is 10.0. The monoisotopic (exact) mass is 537 g/mol. The lowest BCUT2D eigenvalue weighted by atomic mass is 9.92. The molecule has 1 saturated heterocycles. The molecule has 7 heteroatoms. The third-order valence-corrected chi connectivity index (χ3v) is 7.61. The highest BCUT2D eigenvalue weighted by Gasteiger charge is 2.28. The van der Waals surface area contributed by atoms with Crippen molar-refractivity contribution in [2.75, 3.05) is 13.6 Å². The SMILES string of the molecule is C[C@@H]1CCCCCCCCC(=O)N(C)[C@@H](C)C(=O)N[C@H]([C@H](O)CN[C@@H](C)c2cccc(Br)c2)C1. The number of aliphatic hydroxyl groups excluding tert-OH is 1. The van der Waals surface area contributed by atoms with Crippen LogP contribution >= 0.6 is 15.9 Å². The zero-order valence-electron chi connectivity index (χ0n) is 21.4. The van der Waals surface area contributed by atoms with Gasteiger partial charge in [-0.25, -0.2) is 0 Å². The maximum Gasteiger partial charge on any atom is 0.242 e. The largest absolute Gasteiger partial charge is 0.390 e. The van der Waals surface area contributed by atoms with Crippen LogP contribution in [0.1, 0.15) is 90.2 Å². The van der Waals surface area contributed by atoms with Gasteiger partial charge >= 0.3 is 0 Å². The Morgan fingerprint density at radius 2 is 1.82 bits per heavy atom. The van der Waals surface area contributed by atoms with Crippen LogP contribution in [0.3, 0.4) is 0 Å². The topological polar surface area (TPSA) is 81.7 Å². The summed E-state index contributed by atoms with van der Waals surface area (Å²) in [6.07, 6.45) is 8.21. The summed E-state index contributed by atoms with van der Waals surface area (Å²) in [4.78, 5) is 27.1. The van der Waals surface area contributed by atoms with Crippen molar-refractivity contribution >= 4 is 27.7 Å². The molecule has 3 N–H and O–H groups in total. The second-order valence-corrected chi connectivity index (χ2v) is 11.0. The van der Waals surface area contributed by atoms with Gasteiger partial charge in [0.15, 0.2) is 0 Å². The molecule has 0 bridgehead atoms. The van der Waals surface area contributed by atoms with Crippen LogP contribution in [0.25, 0.3) is 0 Å². The van der Waals surface area contributed by atoms with Gasteiger partial charge in [-0.05, 0) is 50.3 Å². The number of hydrogen-bond donors (Lipinski definition) is 3. The van der Waals surface area contributed by atoms with Gasteiger partial charge in [0.25, 0.3) is 0 Å². The first-order chi connectivity index (χ1) is 16.2. The van der Waals surface area contributed by atoms with Gasteiger partial charge in [-0.1, -0.05) is 73.5 Å². The summed E-state index contributed by atoms with van der Waals surface area (Å²) in [6, 6.07) is 7.23. The fraction of sp³-hybridized carbons (Fsp3) is 0.704. The molecular formula is C27H44BrN3O3. The molecule has 0 unspecified atom stereocenters. The maximum atomic E-state index is 13.0. The van der Waals surface area contributed by atoms with Crippen LogP contribution in [-0.2, 0) is 9.59 Å². The minimum absolute atomic E-state index is 0.00437. The van der Waals surface area contributed by atoms with Crippen LogP contribution in [0, 0.1) is 5.92 Å². The molecular weight excluding hydrogens is 494 g/mol. The van der Waals surface area contributed by atoms with E-state index in [0.29, 0.717) is 25.3 Å². The molecule has 1 heterocycles. The van der Waals surface area contributed by atoms with E-state index >= 15 is 0 Å². The number of aliphatic hydroxyl groups is 1. The van der Waals surface area contributed by atoms with Gasteiger partial charge in [-0.3, -0.25) is 9.59 Å². The van der Waals surface area contributed by atoms with Crippen molar-refractivity contribution in [3.8, 4) is 0 Å². The molecule has 1 aliphatic heterocycles. The number of carbonyl (C=O) groups is 2. The Hall–Kier alpha value is -1.44. The van der Waals surface area contributed by atoms with Crippen molar-refractivity contribution in [1.29, 1.82) is 0 Å². The number of benzene rings is 1. The zero-order valence-corrected chi connectivity index (χ0v) is 22.9. The van der Waals surface area contributed by atoms with E-state index in [1.807, 2.05) is 12.1 Å². The van der Waals surface area contributed by atoms with Crippen LogP contribution in [0.2, 0.25) is 0 Å². The van der Waals surface area contributed by atoms with Crippen molar-refractivity contribution in [1.82, 2.24) is 15.5 Å². The van der Waals surface area contributed by atoms with Crippen LogP contribution in [0.4, 0.5) is 0 Å². The summed E-state index contributed by atoms with van der Waals surface area (Å²) in [7, 11) is 1.70. The Morgan fingerprint density at radius 3 is 2.53 bits per heavy atom. The van der Waals surface area contributed by atoms with Gasteiger partial charge in [0.2, 0.25) is 11.8 Å². The number of nitrogens with zero attached hydrogens (tertiary/aromatic N) is 1. The van der Waals surface area contributed by atoms with Crippen LogP contribution < -0.4 is 10.6 Å². The van der Waals surface area contributed by atoms with E-state index in [2.05, 4.69) is 52.5 Å². The average Bonchev–Trinajstić information content (AvgIpc) is 2.81. The first-order valence-electron chi connectivity index (χ1n) is 12.9. The van der Waals surface area contributed by atoms with E-state index in [1.165, 1.54) is 12.8 Å². The second kappa shape index (κ2) is 14.8. The number of rotatable bonds is 5. The maximum absolute atomic E-state index is 13.0. The van der Waals surface area contributed by atoms with E-state index in [9.17, 15) is 14.7 Å². The van der Waals surface area contributed by atoms with E-state index in [1.54, 1.807) is 18.9 Å². The van der Waals surface area contributed by atoms with Crippen molar-refractivity contribution in [3.05, 3.63) is 34.3 Å². The predicted octanol–water partition coefficient (Wildman–Crippen LogP) is 4.95. The number of halogens is 1. The number of amides is 2. The molecule has 2 amide bonds. The molecule has 1 aromatic carbocycles. The molecule has 1 aromatic rings. The summed E-state index contributed by atoms with van der Waals surface area (Å²) in [5.74, 6) is 0.189. The number of nitrogens with one attached hydrogen (secondary N) is 2. The van der Waals surface area contributed by atoms with Crippen molar-refractivity contribution in [3.63, 3.8) is 0 Å². The number of carbonyl (C=O) groups excluding carboxylic acids is 2. The standard InChI is InChI=1S/C27H44BrN3O3/c1-19-12-9-7-5-6-8-10-15-26(33)31(4)21(3)27(34)30-24(16-19)25(32)18-29-20(2)22-13-11-14-23(28)17-22/h11,13-14,17,19-21,24-25,29,32H,5-10,12,15-16,18H2,1-4H3,(H,30,34)/t19-,20+,21+,24+,25-/m1/s1. The Labute approximate surface area is 214 Å². The Morgan fingerprint density at radius 1 is 1.15 bits per heavy atom. The van der Waals surface area contributed by atoms with Crippen LogP contribution in [0.15, 0.2) is 28.7 Å². The minimum Gasteiger partial charge on any atom is -0.390 e. The Bertz CT molecular complexity index is 775. The average molecular weight is 539 g/mol. The molecule has 0 aliphatic carbocycles. The molecule has 5 atom stereocenters. The molecule has 1 fully saturated rings. The molecule has 0 saturated carbocycles. The molecule has 34 heavy (non-hydrogen) atoms. The molecule has 192 valence electrons. The molecule has 0 spiro atoms. The fourth-order valence-electron chi connectivity index (χ4n) is 4.54. The summed E-state index contributed by atoms with van der Waals surface area (Å²) in [5.41, 5.74) is 1.13. The van der Waals surface area contributed by atoms with E-state index in [0.717, 1.165) is 42.1 Å². The van der Waals surface area contributed by atoms with Crippen LogP contribution in [-0.4, -0.2) is 53.6 Å². The first-order valence-corrected chi connectivity index (χ1v) is 13.7. The quantitative estimate of drug-likeness (QED) is 0.496. The van der Waals surface area contributed by atoms with E-state index < -0.39 is 12.1 Å². The van der Waals surface area contributed by atoms with E-state index in [-0.39, 0.29) is 23.9 Å². The number of likely N-dealkylation sites (N-methyl/N-ethyl adjacent to an activating group) is 1. The fourth-order valence-corrected chi connectivity index (χ4v) is 4.96. The summed E-state index contributed by atoms with van der Waals surface area (Å²) in [5, 5.41) is 17.6. The normalized spacial score (nSPS) is 26.1. The van der Waals surface area contributed by atoms with Gasteiger partial charge in [0.05, 0.1) is 12.1 Å². The molecule has 1 aliphatic rings. The van der Waals surface area contributed by atoms with Crippen molar-refractivity contribution < 1.29 is 14.7 Å². The number of hydrogen-bond acceptors (Lipinski definition) is 4. The lowest BCUT2D eigenvalue weighted by Gasteiger charge is -2.31. The summed E-state index contributed by atoms with van der Waals surface area (Å²) >= 11 is 3.51. The summed E-state index contributed by atoms with van der Waals surface area (Å²) < 4.78 is 1.02. The van der Waals surface area contributed by atoms with Gasteiger partial charge < -0.3 is 20.6 Å². The minimum atomic E-state index is -0.729. The van der Waals surface area contributed by atoms with E-state index in [4.69, 9.17) is 0 Å². The molecule has 0 radical (unpaired) electrons. The van der Waals surface area contributed by atoms with Crippen LogP contribution in [0.5, 0.6) is 0 Å². The van der Waals surface area contributed by atoms with Crippen molar-refractivity contribution in [2.45, 2.75) is 103 Å². The lowest BCUT2D eigenvalue weighted by Crippen LogP contribution is -2.54. The third-order valence-electron chi connectivity index (χ3n) is 7.12. The van der Waals surface area contributed by atoms with Crippen molar-refractivity contribution in [2.24, 2.45) is 5.92 Å². The van der Waals surface area contributed by atoms with Gasteiger partial charge in [-0.2, -0.15) is 0 Å². The predicted molar refractivity (Wildman–Crippen MR) is 141 cm³/mol. The molecule has 0 aromatic heterocycles. The molecule has 6 nitrogen and oxygen atoms in total. The van der Waals surface area contributed by atoms with Gasteiger partial charge in [0.1, 0.15) is 6.04 Å². The van der Waals surface area contributed by atoms with Gasteiger partial charge in [0, 0.05) is 30.5 Å². The summed E-state index contributed by atoms with van der Waals surface area (Å²) in [6.45, 7) is 6.40. The smallest absolute Gasteiger partial charge is 0.242 e. The lowest BCUT2D eigenvalue weighted by molar-refractivity contribution is -0.139. The highest BCUT2D eigenvalue weighted by Crippen LogP contribution is 2.21. The molecule has 2 rings (SSSR count). The highest BCUT2D eigenvalue weighted by molar-refractivity contribution is 9.10.